The minimum Gasteiger partial charge on any atom is -0.497 e. The van der Waals surface area contributed by atoms with Gasteiger partial charge in [-0.05, 0) is 36.2 Å². The molecule has 1 amide bonds. The number of aromatic hydroxyl groups is 1. The lowest BCUT2D eigenvalue weighted by Crippen LogP contribution is -2.34. The van der Waals surface area contributed by atoms with E-state index in [2.05, 4.69) is 9.97 Å². The van der Waals surface area contributed by atoms with Gasteiger partial charge in [0.25, 0.3) is 11.5 Å². The molecule has 1 saturated heterocycles. The smallest absolute Gasteiger partial charge is 0.290 e. The van der Waals surface area contributed by atoms with E-state index in [9.17, 15) is 23.5 Å². The number of ether oxygens (including phenoxy) is 3. The lowest BCUT2D eigenvalue weighted by atomic mass is 9.98. The number of para-hydroxylation sites is 1. The second kappa shape index (κ2) is 11.2. The molecule has 41 heavy (non-hydrogen) atoms. The number of pyridine rings is 1. The zero-order valence-corrected chi connectivity index (χ0v) is 22.4. The minimum atomic E-state index is -0.992. The highest BCUT2D eigenvalue weighted by Crippen LogP contribution is 2.39. The number of carbonyl (C=O) groups excluding carboxylic acids is 1. The summed E-state index contributed by atoms with van der Waals surface area (Å²) < 4.78 is 45.4. The first-order valence-corrected chi connectivity index (χ1v) is 12.6. The summed E-state index contributed by atoms with van der Waals surface area (Å²) in [4.78, 5) is 36.9. The van der Waals surface area contributed by atoms with Gasteiger partial charge in [-0.15, -0.1) is 0 Å². The molecule has 5 rings (SSSR count). The number of aromatic nitrogens is 3. The van der Waals surface area contributed by atoms with Crippen LogP contribution in [0.2, 0.25) is 0 Å². The molecule has 212 valence electrons. The van der Waals surface area contributed by atoms with Crippen LogP contribution in [0.15, 0.2) is 59.5 Å². The van der Waals surface area contributed by atoms with Crippen LogP contribution in [-0.4, -0.2) is 64.9 Å². The number of amides is 1. The van der Waals surface area contributed by atoms with Crippen LogP contribution in [-0.2, 0) is 0 Å². The number of hydrogen-bond acceptors (Lipinski definition) is 8. The summed E-state index contributed by atoms with van der Waals surface area (Å²) in [5.74, 6) is -2.53. The van der Waals surface area contributed by atoms with Gasteiger partial charge < -0.3 is 24.2 Å². The number of methoxy groups -OCH3 is 3. The van der Waals surface area contributed by atoms with E-state index in [-0.39, 0.29) is 47.4 Å². The number of likely N-dealkylation sites (tertiary alicyclic amines) is 1. The Labute approximate surface area is 233 Å². The molecule has 3 heterocycles. The quantitative estimate of drug-likeness (QED) is 0.359. The van der Waals surface area contributed by atoms with E-state index in [1.54, 1.807) is 24.3 Å². The van der Waals surface area contributed by atoms with Gasteiger partial charge in [0, 0.05) is 37.3 Å². The summed E-state index contributed by atoms with van der Waals surface area (Å²) in [6.45, 7) is 0.230. The Morgan fingerprint density at radius 3 is 2.41 bits per heavy atom. The summed E-state index contributed by atoms with van der Waals surface area (Å²) in [6.07, 6.45) is 1.82. The molecule has 0 bridgehead atoms. The lowest BCUT2D eigenvalue weighted by Gasteiger charge is -2.22. The molecule has 0 aliphatic carbocycles. The summed E-state index contributed by atoms with van der Waals surface area (Å²) in [7, 11) is 4.29. The fraction of sp³-hybridized carbons (Fsp3) is 0.241. The maximum Gasteiger partial charge on any atom is 0.290 e. The summed E-state index contributed by atoms with van der Waals surface area (Å²) in [5.41, 5.74) is -0.987. The van der Waals surface area contributed by atoms with Crippen LogP contribution in [0, 0.1) is 11.6 Å². The van der Waals surface area contributed by atoms with Gasteiger partial charge in [-0.25, -0.2) is 8.78 Å². The van der Waals surface area contributed by atoms with Crippen molar-refractivity contribution < 1.29 is 32.9 Å². The maximum absolute atomic E-state index is 14.4. The number of carbonyl (C=O) groups is 1. The average Bonchev–Trinajstić information content (AvgIpc) is 3.46. The molecule has 2 aromatic carbocycles. The largest absolute Gasteiger partial charge is 0.497 e. The fourth-order valence-electron chi connectivity index (χ4n) is 4.98. The molecule has 1 N–H and O–H groups in total. The molecule has 1 aliphatic heterocycles. The van der Waals surface area contributed by atoms with Crippen molar-refractivity contribution in [2.45, 2.75) is 12.3 Å². The standard InChI is InChI=1S/C29H26F2N4O6/c1-39-18-9-11-32-21(14-18)26-33-27(36)24(29(38)35(26)25-22(40-2)5-4-6-23(25)41-3)28(37)34-12-10-16(15-34)19-8-7-17(30)13-20(19)31/h4-9,11,13-14,16,38H,10,12,15H2,1-3H3. The Balaban J connectivity index is 1.66. The van der Waals surface area contributed by atoms with Crippen LogP contribution < -0.4 is 19.8 Å². The van der Waals surface area contributed by atoms with Crippen LogP contribution in [0.4, 0.5) is 8.78 Å². The third-order valence-corrected chi connectivity index (χ3v) is 6.98. The van der Waals surface area contributed by atoms with Gasteiger partial charge in [-0.3, -0.25) is 19.1 Å². The van der Waals surface area contributed by atoms with Gasteiger partial charge in [-0.2, -0.15) is 4.98 Å². The molecule has 12 heteroatoms. The molecule has 1 unspecified atom stereocenters. The molecule has 0 radical (unpaired) electrons. The van der Waals surface area contributed by atoms with Gasteiger partial charge in [0.1, 0.15) is 40.3 Å². The molecule has 0 saturated carbocycles. The molecule has 4 aromatic rings. The van der Waals surface area contributed by atoms with E-state index >= 15 is 0 Å². The second-order valence-corrected chi connectivity index (χ2v) is 9.27. The summed E-state index contributed by atoms with van der Waals surface area (Å²) in [6, 6.07) is 11.3. The highest BCUT2D eigenvalue weighted by Gasteiger charge is 2.35. The molecular formula is C29H26F2N4O6. The van der Waals surface area contributed by atoms with E-state index < -0.39 is 40.5 Å². The van der Waals surface area contributed by atoms with Crippen molar-refractivity contribution in [2.75, 3.05) is 34.4 Å². The Hall–Kier alpha value is -5.00. The van der Waals surface area contributed by atoms with E-state index in [4.69, 9.17) is 14.2 Å². The average molecular weight is 565 g/mol. The first-order chi connectivity index (χ1) is 19.8. The predicted octanol–water partition coefficient (Wildman–Crippen LogP) is 3.93. The van der Waals surface area contributed by atoms with Crippen molar-refractivity contribution in [3.05, 3.63) is 87.8 Å². The summed E-state index contributed by atoms with van der Waals surface area (Å²) >= 11 is 0. The number of hydrogen-bond donors (Lipinski definition) is 1. The van der Waals surface area contributed by atoms with Crippen molar-refractivity contribution in [1.82, 2.24) is 19.4 Å². The van der Waals surface area contributed by atoms with Crippen molar-refractivity contribution in [2.24, 2.45) is 0 Å². The molecule has 0 spiro atoms. The van der Waals surface area contributed by atoms with Gasteiger partial charge in [0.2, 0.25) is 5.88 Å². The predicted molar refractivity (Wildman–Crippen MR) is 144 cm³/mol. The Morgan fingerprint density at radius 1 is 1.02 bits per heavy atom. The van der Waals surface area contributed by atoms with Crippen LogP contribution >= 0.6 is 0 Å². The van der Waals surface area contributed by atoms with Gasteiger partial charge in [0.05, 0.1) is 21.3 Å². The molecule has 1 fully saturated rings. The van der Waals surface area contributed by atoms with Crippen molar-refractivity contribution in [3.63, 3.8) is 0 Å². The van der Waals surface area contributed by atoms with Crippen molar-refractivity contribution >= 4 is 5.91 Å². The highest BCUT2D eigenvalue weighted by molar-refractivity contribution is 5.96. The molecule has 10 nitrogen and oxygen atoms in total. The first-order valence-electron chi connectivity index (χ1n) is 12.6. The lowest BCUT2D eigenvalue weighted by molar-refractivity contribution is 0.0784. The Morgan fingerprint density at radius 2 is 1.76 bits per heavy atom. The van der Waals surface area contributed by atoms with Crippen molar-refractivity contribution in [1.29, 1.82) is 0 Å². The number of nitrogens with zero attached hydrogens (tertiary/aromatic N) is 4. The van der Waals surface area contributed by atoms with Gasteiger partial charge in [-0.1, -0.05) is 12.1 Å². The summed E-state index contributed by atoms with van der Waals surface area (Å²) in [5, 5.41) is 11.6. The van der Waals surface area contributed by atoms with Crippen LogP contribution in [0.3, 0.4) is 0 Å². The Kier molecular flexibility index (Phi) is 7.56. The van der Waals surface area contributed by atoms with E-state index in [0.717, 1.165) is 12.1 Å². The molecule has 2 aromatic heterocycles. The Bertz CT molecular complexity index is 1670. The number of benzene rings is 2. The third-order valence-electron chi connectivity index (χ3n) is 6.98. The van der Waals surface area contributed by atoms with Crippen LogP contribution in [0.1, 0.15) is 28.3 Å². The fourth-order valence-corrected chi connectivity index (χ4v) is 4.98. The number of halogens is 2. The normalized spacial score (nSPS) is 14.7. The van der Waals surface area contributed by atoms with Crippen molar-refractivity contribution in [3.8, 4) is 40.3 Å². The zero-order valence-electron chi connectivity index (χ0n) is 22.4. The van der Waals surface area contributed by atoms with Crippen LogP contribution in [0.5, 0.6) is 23.1 Å². The highest BCUT2D eigenvalue weighted by atomic mass is 19.1. The van der Waals surface area contributed by atoms with Gasteiger partial charge >= 0.3 is 0 Å². The zero-order chi connectivity index (χ0) is 29.3. The SMILES string of the molecule is COc1ccnc(-c2nc(=O)c(C(=O)N3CCC(c4ccc(F)cc4F)C3)c(O)n2-c2c(OC)cccc2OC)c1. The van der Waals surface area contributed by atoms with Gasteiger partial charge in [0.15, 0.2) is 11.4 Å². The number of rotatable bonds is 7. The van der Waals surface area contributed by atoms with E-state index in [1.165, 1.54) is 49.1 Å². The monoisotopic (exact) mass is 564 g/mol. The molecule has 1 aliphatic rings. The minimum absolute atomic E-state index is 0.0530. The third kappa shape index (κ3) is 5.04. The maximum atomic E-state index is 14.4. The molecule has 1 atom stereocenters. The topological polar surface area (TPSA) is 116 Å². The van der Waals surface area contributed by atoms with E-state index in [0.29, 0.717) is 12.2 Å². The second-order valence-electron chi connectivity index (χ2n) is 9.27. The van der Waals surface area contributed by atoms with E-state index in [1.807, 2.05) is 0 Å². The molecular weight excluding hydrogens is 538 g/mol. The first kappa shape index (κ1) is 27.6. The van der Waals surface area contributed by atoms with Crippen LogP contribution in [0.25, 0.3) is 17.2 Å².